The van der Waals surface area contributed by atoms with Gasteiger partial charge in [-0.05, 0) is 54.6 Å². The summed E-state index contributed by atoms with van der Waals surface area (Å²) in [5, 5.41) is 0. The minimum Gasteiger partial charge on any atom is -0.454 e. The summed E-state index contributed by atoms with van der Waals surface area (Å²) in [6.07, 6.45) is 0.209. The maximum Gasteiger partial charge on any atom is 0.231 e. The van der Waals surface area contributed by atoms with Crippen molar-refractivity contribution in [1.29, 1.82) is 0 Å². The van der Waals surface area contributed by atoms with Gasteiger partial charge in [0, 0.05) is 15.8 Å². The van der Waals surface area contributed by atoms with Crippen LogP contribution in [-0.4, -0.2) is 37.4 Å². The van der Waals surface area contributed by atoms with E-state index < -0.39 is 12.6 Å². The molecule has 0 aromatic heterocycles. The predicted octanol–water partition coefficient (Wildman–Crippen LogP) is 5.23. The molecular weight excluding hydrogens is 386 g/mol. The lowest BCUT2D eigenvalue weighted by molar-refractivity contribution is -0.0330. The number of nitrogens with zero attached hydrogens (tertiary/aromatic N) is 1. The number of hydrogen-bond donors (Lipinski definition) is 0. The van der Waals surface area contributed by atoms with Crippen LogP contribution < -0.4 is 9.47 Å². The zero-order valence-corrected chi connectivity index (χ0v) is 17.5. The first-order valence-corrected chi connectivity index (χ1v) is 10.9. The largest absolute Gasteiger partial charge is 0.454 e. The van der Waals surface area contributed by atoms with Gasteiger partial charge in [0.2, 0.25) is 6.79 Å². The Hall–Kier alpha value is -2.82. The maximum atomic E-state index is 9.35. The highest BCUT2D eigenvalue weighted by Gasteiger charge is 2.25. The third-order valence-electron chi connectivity index (χ3n) is 5.68. The minimum atomic E-state index is -1.56. The SMILES string of the molecule is [2H]C(O[C@@H]1CCCN(C([2H])([2H])Cc2ccc3c(c2)OCO3)C1)(c1ccccc1)c1ccccc1. The molecule has 0 saturated carbocycles. The molecule has 4 heteroatoms. The molecule has 1 saturated heterocycles. The number of hydrogen-bond acceptors (Lipinski definition) is 4. The second kappa shape index (κ2) is 9.54. The molecule has 3 aromatic carbocycles. The number of aryl methyl sites for hydroxylation is 1. The van der Waals surface area contributed by atoms with E-state index in [-0.39, 0.29) is 19.3 Å². The van der Waals surface area contributed by atoms with Gasteiger partial charge in [-0.3, -0.25) is 0 Å². The summed E-state index contributed by atoms with van der Waals surface area (Å²) in [7, 11) is 0. The van der Waals surface area contributed by atoms with Crippen molar-refractivity contribution in [1.82, 2.24) is 4.90 Å². The van der Waals surface area contributed by atoms with Gasteiger partial charge in [-0.2, -0.15) is 0 Å². The average molecular weight is 419 g/mol. The van der Waals surface area contributed by atoms with Gasteiger partial charge in [0.15, 0.2) is 11.5 Å². The first-order valence-electron chi connectivity index (χ1n) is 12.4. The second-order valence-corrected chi connectivity index (χ2v) is 7.91. The van der Waals surface area contributed by atoms with E-state index >= 15 is 0 Å². The molecule has 1 fully saturated rings. The Balaban J connectivity index is 1.33. The van der Waals surface area contributed by atoms with Crippen LogP contribution in [0.2, 0.25) is 0 Å². The van der Waals surface area contributed by atoms with E-state index in [1.807, 2.05) is 83.8 Å². The van der Waals surface area contributed by atoms with E-state index in [0.717, 1.165) is 29.5 Å². The van der Waals surface area contributed by atoms with Crippen LogP contribution in [0.1, 0.15) is 39.7 Å². The van der Waals surface area contributed by atoms with Crippen LogP contribution in [0.3, 0.4) is 0 Å². The topological polar surface area (TPSA) is 30.9 Å². The molecule has 160 valence electrons. The maximum absolute atomic E-state index is 9.35. The van der Waals surface area contributed by atoms with Crippen molar-refractivity contribution in [2.45, 2.75) is 31.4 Å². The fraction of sp³-hybridized carbons (Fsp3) is 0.333. The van der Waals surface area contributed by atoms with E-state index in [1.54, 1.807) is 0 Å². The molecular formula is C27H29NO3. The summed E-state index contributed by atoms with van der Waals surface area (Å²) < 4.78 is 44.3. The van der Waals surface area contributed by atoms with Crippen molar-refractivity contribution in [2.75, 3.05) is 26.4 Å². The van der Waals surface area contributed by atoms with Gasteiger partial charge in [-0.25, -0.2) is 0 Å². The van der Waals surface area contributed by atoms with Gasteiger partial charge in [-0.15, -0.1) is 0 Å². The van der Waals surface area contributed by atoms with Crippen LogP contribution in [0.15, 0.2) is 78.9 Å². The molecule has 0 unspecified atom stereocenters. The molecule has 0 spiro atoms. The van der Waals surface area contributed by atoms with Crippen molar-refractivity contribution in [3.63, 3.8) is 0 Å². The molecule has 3 aromatic rings. The summed E-state index contributed by atoms with van der Waals surface area (Å²) in [5.41, 5.74) is 2.39. The molecule has 4 nitrogen and oxygen atoms in total. The van der Waals surface area contributed by atoms with Crippen molar-refractivity contribution in [3.8, 4) is 11.5 Å². The van der Waals surface area contributed by atoms with E-state index in [9.17, 15) is 1.37 Å². The van der Waals surface area contributed by atoms with Gasteiger partial charge in [0.05, 0.1) is 7.47 Å². The van der Waals surface area contributed by atoms with E-state index in [0.29, 0.717) is 24.6 Å². The normalized spacial score (nSPS) is 20.6. The third kappa shape index (κ3) is 4.92. The lowest BCUT2D eigenvalue weighted by Gasteiger charge is -2.35. The highest BCUT2D eigenvalue weighted by Crippen LogP contribution is 2.33. The zero-order chi connectivity index (χ0) is 23.6. The third-order valence-corrected chi connectivity index (χ3v) is 5.68. The fourth-order valence-corrected chi connectivity index (χ4v) is 4.08. The Kier molecular flexibility index (Phi) is 5.18. The van der Waals surface area contributed by atoms with Crippen LogP contribution in [0.5, 0.6) is 11.5 Å². The van der Waals surface area contributed by atoms with Gasteiger partial charge in [-0.1, -0.05) is 66.7 Å². The van der Waals surface area contributed by atoms with Crippen LogP contribution in [0.25, 0.3) is 0 Å². The quantitative estimate of drug-likeness (QED) is 0.526. The number of fused-ring (bicyclic) bond motifs is 1. The van der Waals surface area contributed by atoms with Crippen LogP contribution in [-0.2, 0) is 11.2 Å². The number of likely N-dealkylation sites (tertiary alicyclic amines) is 1. The highest BCUT2D eigenvalue weighted by atomic mass is 16.7. The number of ether oxygens (including phenoxy) is 3. The lowest BCUT2D eigenvalue weighted by atomic mass is 10.00. The summed E-state index contributed by atoms with van der Waals surface area (Å²) in [4.78, 5) is 1.85. The molecule has 2 aliphatic rings. The van der Waals surface area contributed by atoms with Crippen molar-refractivity contribution >= 4 is 0 Å². The molecule has 0 N–H and O–H groups in total. The smallest absolute Gasteiger partial charge is 0.231 e. The monoisotopic (exact) mass is 418 g/mol. The molecule has 5 rings (SSSR count). The second-order valence-electron chi connectivity index (χ2n) is 7.91. The first-order chi connectivity index (χ1) is 16.4. The summed E-state index contributed by atoms with van der Waals surface area (Å²) in [6.45, 7) is -0.272. The van der Waals surface area contributed by atoms with Crippen molar-refractivity contribution < 1.29 is 18.3 Å². The van der Waals surface area contributed by atoms with Crippen LogP contribution in [0, 0.1) is 0 Å². The Bertz CT molecular complexity index is 1070. The number of benzene rings is 3. The van der Waals surface area contributed by atoms with E-state index in [4.69, 9.17) is 17.0 Å². The first kappa shape index (κ1) is 16.8. The Morgan fingerprint density at radius 1 is 0.968 bits per heavy atom. The Morgan fingerprint density at radius 3 is 2.42 bits per heavy atom. The zero-order valence-electron chi connectivity index (χ0n) is 20.5. The molecule has 0 radical (unpaired) electrons. The minimum absolute atomic E-state index is 0.203. The molecule has 2 heterocycles. The average Bonchev–Trinajstić information content (AvgIpc) is 3.33. The van der Waals surface area contributed by atoms with E-state index in [2.05, 4.69) is 0 Å². The fourth-order valence-electron chi connectivity index (χ4n) is 4.08. The van der Waals surface area contributed by atoms with Crippen molar-refractivity contribution in [3.05, 3.63) is 95.6 Å². The Morgan fingerprint density at radius 2 is 1.68 bits per heavy atom. The standard InChI is InChI=1S/C27H29NO3/c1-3-8-22(9-4-1)27(23-10-5-2-6-11-23)31-24-12-7-16-28(19-24)17-15-21-13-14-25-26(18-21)30-20-29-25/h1-6,8-11,13-14,18,24,27H,7,12,15-17,19-20H2/t24-/m1/s1/i17D2,27D. The van der Waals surface area contributed by atoms with Gasteiger partial charge >= 0.3 is 0 Å². The molecule has 0 amide bonds. The summed E-state index contributed by atoms with van der Waals surface area (Å²) in [6, 6.07) is 24.8. The molecule has 0 aliphatic carbocycles. The summed E-state index contributed by atoms with van der Waals surface area (Å²) in [5.74, 6) is 1.36. The van der Waals surface area contributed by atoms with Gasteiger partial charge in [0.25, 0.3) is 0 Å². The van der Waals surface area contributed by atoms with Crippen LogP contribution in [0.4, 0.5) is 0 Å². The number of piperidine rings is 1. The molecule has 2 aliphatic heterocycles. The lowest BCUT2D eigenvalue weighted by Crippen LogP contribution is -2.41. The van der Waals surface area contributed by atoms with Crippen LogP contribution >= 0.6 is 0 Å². The van der Waals surface area contributed by atoms with Gasteiger partial charge < -0.3 is 19.1 Å². The summed E-state index contributed by atoms with van der Waals surface area (Å²) >= 11 is 0. The molecule has 0 bridgehead atoms. The van der Waals surface area contributed by atoms with E-state index in [1.165, 1.54) is 0 Å². The number of rotatable bonds is 7. The molecule has 1 atom stereocenters. The highest BCUT2D eigenvalue weighted by molar-refractivity contribution is 5.44. The van der Waals surface area contributed by atoms with Gasteiger partial charge in [0.1, 0.15) is 6.08 Å². The Labute approximate surface area is 188 Å². The molecule has 31 heavy (non-hydrogen) atoms. The predicted molar refractivity (Wildman–Crippen MR) is 122 cm³/mol. The van der Waals surface area contributed by atoms with Crippen molar-refractivity contribution in [2.24, 2.45) is 0 Å².